The molecule has 4 heteroatoms. The molecule has 1 unspecified atom stereocenters. The molecule has 0 bridgehead atoms. The van der Waals surface area contributed by atoms with Gasteiger partial charge in [0.25, 0.3) is 0 Å². The van der Waals surface area contributed by atoms with Gasteiger partial charge in [-0.15, -0.1) is 0 Å². The molecule has 0 saturated carbocycles. The number of hydrogen-bond donors (Lipinski definition) is 1. The minimum atomic E-state index is -0.453. The Morgan fingerprint density at radius 3 is 2.67 bits per heavy atom. The molecule has 21 heavy (non-hydrogen) atoms. The van der Waals surface area contributed by atoms with Crippen molar-refractivity contribution in [3.05, 3.63) is 53.1 Å². The van der Waals surface area contributed by atoms with Crippen LogP contribution in [0.5, 0.6) is 5.75 Å². The number of hydrogen-bond acceptors (Lipinski definition) is 4. The lowest BCUT2D eigenvalue weighted by molar-refractivity contribution is 0.163. The Hall–Kier alpha value is -1.94. The molecule has 2 rings (SSSR count). The largest absolute Gasteiger partial charge is 0.496 e. The second kappa shape index (κ2) is 7.18. The van der Waals surface area contributed by atoms with Crippen molar-refractivity contribution in [2.75, 3.05) is 7.11 Å². The lowest BCUT2D eigenvalue weighted by Crippen LogP contribution is -2.04. The third-order valence-corrected chi connectivity index (χ3v) is 3.89. The summed E-state index contributed by atoms with van der Waals surface area (Å²) in [7, 11) is 1.67. The van der Waals surface area contributed by atoms with E-state index in [9.17, 15) is 5.11 Å². The summed E-state index contributed by atoms with van der Waals surface area (Å²) >= 11 is 0. The van der Waals surface area contributed by atoms with Crippen LogP contribution < -0.4 is 4.74 Å². The number of nitrogens with zero attached hydrogens (tertiary/aromatic N) is 2. The highest BCUT2D eigenvalue weighted by Gasteiger charge is 2.14. The molecule has 0 amide bonds. The van der Waals surface area contributed by atoms with Crippen LogP contribution in [0.25, 0.3) is 0 Å². The predicted octanol–water partition coefficient (Wildman–Crippen LogP) is 3.16. The molecule has 0 aliphatic rings. The van der Waals surface area contributed by atoms with Gasteiger partial charge in [0.2, 0.25) is 0 Å². The summed E-state index contributed by atoms with van der Waals surface area (Å²) in [6.45, 7) is 4.04. The zero-order chi connectivity index (χ0) is 15.2. The van der Waals surface area contributed by atoms with E-state index < -0.39 is 6.10 Å². The third-order valence-electron chi connectivity index (χ3n) is 3.89. The predicted molar refractivity (Wildman–Crippen MR) is 82.4 cm³/mol. The molecular formula is C17H22N2O2. The van der Waals surface area contributed by atoms with Gasteiger partial charge in [-0.1, -0.05) is 6.07 Å². The maximum atomic E-state index is 10.4. The molecule has 0 saturated heterocycles. The molecule has 1 atom stereocenters. The van der Waals surface area contributed by atoms with E-state index >= 15 is 0 Å². The zero-order valence-corrected chi connectivity index (χ0v) is 12.8. The van der Waals surface area contributed by atoms with E-state index in [0.29, 0.717) is 6.42 Å². The van der Waals surface area contributed by atoms with E-state index in [2.05, 4.69) is 9.97 Å². The summed E-state index contributed by atoms with van der Waals surface area (Å²) in [5.41, 5.74) is 4.13. The molecule has 1 aromatic carbocycles. The molecule has 0 fully saturated rings. The van der Waals surface area contributed by atoms with Crippen molar-refractivity contribution in [2.24, 2.45) is 0 Å². The number of benzene rings is 1. The Bertz CT molecular complexity index is 585. The van der Waals surface area contributed by atoms with Crippen LogP contribution in [-0.4, -0.2) is 22.2 Å². The first kappa shape index (κ1) is 15.4. The second-order valence-corrected chi connectivity index (χ2v) is 5.21. The standard InChI is InChI=1S/C17H22N2O2/c1-12-13(2)17(21-3)8-7-15(12)16(20)6-4-5-14-11-18-9-10-19-14/h7-11,16,20H,4-6H2,1-3H3. The fourth-order valence-corrected chi connectivity index (χ4v) is 2.49. The van der Waals surface area contributed by atoms with Crippen molar-refractivity contribution in [3.8, 4) is 5.75 Å². The maximum Gasteiger partial charge on any atom is 0.122 e. The normalized spacial score (nSPS) is 12.2. The quantitative estimate of drug-likeness (QED) is 0.886. The van der Waals surface area contributed by atoms with E-state index in [0.717, 1.165) is 41.0 Å². The summed E-state index contributed by atoms with van der Waals surface area (Å²) in [6, 6.07) is 3.87. The first-order valence-electron chi connectivity index (χ1n) is 7.20. The van der Waals surface area contributed by atoms with Crippen molar-refractivity contribution in [1.82, 2.24) is 9.97 Å². The van der Waals surface area contributed by atoms with Crippen LogP contribution in [0.15, 0.2) is 30.7 Å². The number of aryl methyl sites for hydroxylation is 1. The monoisotopic (exact) mass is 286 g/mol. The fourth-order valence-electron chi connectivity index (χ4n) is 2.49. The number of ether oxygens (including phenoxy) is 1. The summed E-state index contributed by atoms with van der Waals surface area (Å²) in [6.07, 6.45) is 7.11. The first-order chi connectivity index (χ1) is 10.1. The number of methoxy groups -OCH3 is 1. The average Bonchev–Trinajstić information content (AvgIpc) is 2.51. The van der Waals surface area contributed by atoms with E-state index in [1.165, 1.54) is 0 Å². The van der Waals surface area contributed by atoms with Gasteiger partial charge in [0, 0.05) is 18.6 Å². The molecule has 112 valence electrons. The summed E-state index contributed by atoms with van der Waals surface area (Å²) < 4.78 is 5.30. The van der Waals surface area contributed by atoms with E-state index in [4.69, 9.17) is 4.74 Å². The van der Waals surface area contributed by atoms with Crippen LogP contribution in [-0.2, 0) is 6.42 Å². The third kappa shape index (κ3) is 3.79. The molecule has 2 aromatic rings. The molecule has 0 aliphatic heterocycles. The van der Waals surface area contributed by atoms with Gasteiger partial charge in [-0.3, -0.25) is 9.97 Å². The molecule has 1 N–H and O–H groups in total. The van der Waals surface area contributed by atoms with Crippen LogP contribution in [0.2, 0.25) is 0 Å². The van der Waals surface area contributed by atoms with Crippen molar-refractivity contribution in [3.63, 3.8) is 0 Å². The molecule has 0 radical (unpaired) electrons. The van der Waals surface area contributed by atoms with Gasteiger partial charge in [-0.05, 0) is 55.9 Å². The minimum absolute atomic E-state index is 0.453. The summed E-state index contributed by atoms with van der Waals surface area (Å²) in [5, 5.41) is 10.4. The number of aliphatic hydroxyl groups is 1. The SMILES string of the molecule is COc1ccc(C(O)CCCc2cnccn2)c(C)c1C. The topological polar surface area (TPSA) is 55.2 Å². The maximum absolute atomic E-state index is 10.4. The highest BCUT2D eigenvalue weighted by atomic mass is 16.5. The second-order valence-electron chi connectivity index (χ2n) is 5.21. The van der Waals surface area contributed by atoms with Crippen molar-refractivity contribution in [2.45, 2.75) is 39.2 Å². The highest BCUT2D eigenvalue weighted by molar-refractivity contribution is 5.44. The van der Waals surface area contributed by atoms with Crippen molar-refractivity contribution < 1.29 is 9.84 Å². The Balaban J connectivity index is 1.97. The Morgan fingerprint density at radius 2 is 2.00 bits per heavy atom. The van der Waals surface area contributed by atoms with Gasteiger partial charge < -0.3 is 9.84 Å². The molecule has 0 spiro atoms. The van der Waals surface area contributed by atoms with Crippen LogP contribution in [0.4, 0.5) is 0 Å². The van der Waals surface area contributed by atoms with Crippen LogP contribution >= 0.6 is 0 Å². The smallest absolute Gasteiger partial charge is 0.122 e. The number of aliphatic hydroxyl groups excluding tert-OH is 1. The average molecular weight is 286 g/mol. The van der Waals surface area contributed by atoms with Crippen LogP contribution in [0, 0.1) is 13.8 Å². The van der Waals surface area contributed by atoms with Gasteiger partial charge in [0.15, 0.2) is 0 Å². The number of aromatic nitrogens is 2. The minimum Gasteiger partial charge on any atom is -0.496 e. The van der Waals surface area contributed by atoms with E-state index in [-0.39, 0.29) is 0 Å². The first-order valence-corrected chi connectivity index (χ1v) is 7.20. The Morgan fingerprint density at radius 1 is 1.19 bits per heavy atom. The van der Waals surface area contributed by atoms with Crippen molar-refractivity contribution in [1.29, 1.82) is 0 Å². The molecule has 1 aromatic heterocycles. The lowest BCUT2D eigenvalue weighted by Gasteiger charge is -2.17. The lowest BCUT2D eigenvalue weighted by atomic mass is 9.95. The van der Waals surface area contributed by atoms with Gasteiger partial charge in [0.05, 0.1) is 18.9 Å². The van der Waals surface area contributed by atoms with Crippen LogP contribution in [0.1, 0.15) is 41.3 Å². The van der Waals surface area contributed by atoms with Gasteiger partial charge in [0.1, 0.15) is 5.75 Å². The van der Waals surface area contributed by atoms with Gasteiger partial charge >= 0.3 is 0 Å². The summed E-state index contributed by atoms with van der Waals surface area (Å²) in [5.74, 6) is 0.864. The zero-order valence-electron chi connectivity index (χ0n) is 12.8. The van der Waals surface area contributed by atoms with Crippen LogP contribution in [0.3, 0.4) is 0 Å². The van der Waals surface area contributed by atoms with E-state index in [1.54, 1.807) is 25.7 Å². The Labute approximate surface area is 125 Å². The molecule has 1 heterocycles. The van der Waals surface area contributed by atoms with Gasteiger partial charge in [-0.25, -0.2) is 0 Å². The Kier molecular flexibility index (Phi) is 5.28. The van der Waals surface area contributed by atoms with E-state index in [1.807, 2.05) is 26.0 Å². The van der Waals surface area contributed by atoms with Crippen molar-refractivity contribution >= 4 is 0 Å². The van der Waals surface area contributed by atoms with Gasteiger partial charge in [-0.2, -0.15) is 0 Å². The molecule has 4 nitrogen and oxygen atoms in total. The number of rotatable bonds is 6. The molecule has 0 aliphatic carbocycles. The molecular weight excluding hydrogens is 264 g/mol. The summed E-state index contributed by atoms with van der Waals surface area (Å²) in [4.78, 5) is 8.29. The highest BCUT2D eigenvalue weighted by Crippen LogP contribution is 2.29. The fraction of sp³-hybridized carbons (Fsp3) is 0.412.